The number of ether oxygens (including phenoxy) is 1. The Morgan fingerprint density at radius 3 is 2.19 bits per heavy atom. The lowest BCUT2D eigenvalue weighted by Crippen LogP contribution is -2.21. The van der Waals surface area contributed by atoms with Crippen molar-refractivity contribution in [1.29, 1.82) is 0 Å². The summed E-state index contributed by atoms with van der Waals surface area (Å²) in [5.74, 6) is 0.780. The molecular weight excluding hydrogens is 266 g/mol. The highest BCUT2D eigenvalue weighted by Crippen LogP contribution is 2.17. The van der Waals surface area contributed by atoms with E-state index in [0.29, 0.717) is 13.1 Å². The Labute approximate surface area is 125 Å². The summed E-state index contributed by atoms with van der Waals surface area (Å²) in [6, 6.07) is 15.1. The van der Waals surface area contributed by atoms with Crippen molar-refractivity contribution < 1.29 is 14.9 Å². The van der Waals surface area contributed by atoms with Crippen molar-refractivity contribution in [2.75, 3.05) is 13.7 Å². The first-order valence-electron chi connectivity index (χ1n) is 6.94. The van der Waals surface area contributed by atoms with Gasteiger partial charge in [-0.1, -0.05) is 36.4 Å². The van der Waals surface area contributed by atoms with E-state index in [1.165, 1.54) is 0 Å². The number of hydrogen-bond donors (Lipinski definition) is 3. The molecule has 0 saturated carbocycles. The zero-order valence-electron chi connectivity index (χ0n) is 12.1. The van der Waals surface area contributed by atoms with Gasteiger partial charge in [0.2, 0.25) is 0 Å². The van der Waals surface area contributed by atoms with Crippen LogP contribution in [0.4, 0.5) is 0 Å². The molecule has 0 bridgehead atoms. The van der Waals surface area contributed by atoms with Crippen LogP contribution in [-0.2, 0) is 13.2 Å². The summed E-state index contributed by atoms with van der Waals surface area (Å²) in [5.41, 5.74) is 2.88. The minimum atomic E-state index is -0.548. The number of benzene rings is 2. The van der Waals surface area contributed by atoms with Gasteiger partial charge in [0.1, 0.15) is 5.75 Å². The Bertz CT molecular complexity index is 537. The van der Waals surface area contributed by atoms with Gasteiger partial charge in [0, 0.05) is 13.1 Å². The van der Waals surface area contributed by atoms with E-state index in [4.69, 9.17) is 9.84 Å². The lowest BCUT2D eigenvalue weighted by molar-refractivity contribution is 0.174. The number of rotatable bonds is 7. The molecule has 112 valence electrons. The van der Waals surface area contributed by atoms with Crippen molar-refractivity contribution in [3.05, 3.63) is 65.2 Å². The molecule has 21 heavy (non-hydrogen) atoms. The molecule has 4 nitrogen and oxygen atoms in total. The topological polar surface area (TPSA) is 61.7 Å². The molecule has 1 atom stereocenters. The summed E-state index contributed by atoms with van der Waals surface area (Å²) in [7, 11) is 1.62. The van der Waals surface area contributed by atoms with Crippen LogP contribution in [-0.4, -0.2) is 23.9 Å². The van der Waals surface area contributed by atoms with Crippen LogP contribution in [0.15, 0.2) is 48.5 Å². The zero-order valence-corrected chi connectivity index (χ0v) is 12.1. The fourth-order valence-corrected chi connectivity index (χ4v) is 2.06. The third kappa shape index (κ3) is 4.56. The molecule has 0 aliphatic carbocycles. The normalized spacial score (nSPS) is 12.1. The van der Waals surface area contributed by atoms with E-state index in [-0.39, 0.29) is 6.61 Å². The first kappa shape index (κ1) is 15.5. The molecule has 2 aromatic rings. The van der Waals surface area contributed by atoms with Crippen LogP contribution in [0.5, 0.6) is 5.75 Å². The van der Waals surface area contributed by atoms with Gasteiger partial charge in [-0.2, -0.15) is 0 Å². The molecule has 4 heteroatoms. The first-order valence-corrected chi connectivity index (χ1v) is 6.94. The molecular formula is C17H21NO3. The molecule has 3 N–H and O–H groups in total. The Kier molecular flexibility index (Phi) is 5.75. The van der Waals surface area contributed by atoms with E-state index in [9.17, 15) is 5.11 Å². The van der Waals surface area contributed by atoms with Crippen LogP contribution in [0, 0.1) is 0 Å². The van der Waals surface area contributed by atoms with E-state index < -0.39 is 6.10 Å². The number of methoxy groups -OCH3 is 1. The summed E-state index contributed by atoms with van der Waals surface area (Å²) >= 11 is 0. The molecule has 0 aliphatic heterocycles. The van der Waals surface area contributed by atoms with E-state index in [1.54, 1.807) is 7.11 Å². The summed E-state index contributed by atoms with van der Waals surface area (Å²) in [5, 5.41) is 22.3. The SMILES string of the molecule is COc1ccc(C(O)CNCc2ccc(CO)cc2)cc1. The average Bonchev–Trinajstić information content (AvgIpc) is 2.55. The summed E-state index contributed by atoms with van der Waals surface area (Å²) in [4.78, 5) is 0. The van der Waals surface area contributed by atoms with Crippen LogP contribution in [0.2, 0.25) is 0 Å². The summed E-state index contributed by atoms with van der Waals surface area (Å²) < 4.78 is 5.09. The van der Waals surface area contributed by atoms with Gasteiger partial charge < -0.3 is 20.3 Å². The lowest BCUT2D eigenvalue weighted by atomic mass is 10.1. The lowest BCUT2D eigenvalue weighted by Gasteiger charge is -2.13. The Hall–Kier alpha value is -1.88. The molecule has 0 amide bonds. The van der Waals surface area contributed by atoms with Crippen LogP contribution < -0.4 is 10.1 Å². The largest absolute Gasteiger partial charge is 0.497 e. The maximum atomic E-state index is 10.1. The van der Waals surface area contributed by atoms with Gasteiger partial charge in [0.25, 0.3) is 0 Å². The second-order valence-corrected chi connectivity index (χ2v) is 4.89. The van der Waals surface area contributed by atoms with E-state index in [1.807, 2.05) is 48.5 Å². The smallest absolute Gasteiger partial charge is 0.118 e. The molecule has 2 aromatic carbocycles. The van der Waals surface area contributed by atoms with Gasteiger partial charge in [-0.15, -0.1) is 0 Å². The van der Waals surface area contributed by atoms with Gasteiger partial charge in [-0.3, -0.25) is 0 Å². The van der Waals surface area contributed by atoms with Crippen molar-refractivity contribution in [3.63, 3.8) is 0 Å². The maximum Gasteiger partial charge on any atom is 0.118 e. The fourth-order valence-electron chi connectivity index (χ4n) is 2.06. The number of nitrogens with one attached hydrogen (secondary N) is 1. The Morgan fingerprint density at radius 2 is 1.62 bits per heavy atom. The highest BCUT2D eigenvalue weighted by Gasteiger charge is 2.07. The predicted octanol–water partition coefficient (Wildman–Crippen LogP) is 2.01. The van der Waals surface area contributed by atoms with Crippen molar-refractivity contribution >= 4 is 0 Å². The van der Waals surface area contributed by atoms with Gasteiger partial charge in [0.05, 0.1) is 19.8 Å². The van der Waals surface area contributed by atoms with Crippen molar-refractivity contribution in [3.8, 4) is 5.75 Å². The fraction of sp³-hybridized carbons (Fsp3) is 0.294. The van der Waals surface area contributed by atoms with Crippen molar-refractivity contribution in [1.82, 2.24) is 5.32 Å². The van der Waals surface area contributed by atoms with Crippen molar-refractivity contribution in [2.45, 2.75) is 19.3 Å². The average molecular weight is 287 g/mol. The predicted molar refractivity (Wildman–Crippen MR) is 82.0 cm³/mol. The Morgan fingerprint density at radius 1 is 1.00 bits per heavy atom. The Balaban J connectivity index is 1.81. The summed E-state index contributed by atoms with van der Waals surface area (Å²) in [6.07, 6.45) is -0.548. The highest BCUT2D eigenvalue weighted by molar-refractivity contribution is 5.28. The van der Waals surface area contributed by atoms with E-state index >= 15 is 0 Å². The quantitative estimate of drug-likeness (QED) is 0.729. The molecule has 0 fully saturated rings. The number of hydrogen-bond acceptors (Lipinski definition) is 4. The molecule has 2 rings (SSSR count). The van der Waals surface area contributed by atoms with Crippen LogP contribution in [0.25, 0.3) is 0 Å². The highest BCUT2D eigenvalue weighted by atomic mass is 16.5. The van der Waals surface area contributed by atoms with Crippen molar-refractivity contribution in [2.24, 2.45) is 0 Å². The second kappa shape index (κ2) is 7.78. The molecule has 1 unspecified atom stereocenters. The zero-order chi connectivity index (χ0) is 15.1. The molecule has 0 spiro atoms. The third-order valence-electron chi connectivity index (χ3n) is 3.37. The summed E-state index contributed by atoms with van der Waals surface area (Å²) in [6.45, 7) is 1.22. The van der Waals surface area contributed by atoms with Crippen LogP contribution in [0.3, 0.4) is 0 Å². The van der Waals surface area contributed by atoms with Gasteiger partial charge in [0.15, 0.2) is 0 Å². The standard InChI is InChI=1S/C17H21NO3/c1-21-16-8-6-15(7-9-16)17(20)11-18-10-13-2-4-14(12-19)5-3-13/h2-9,17-20H,10-12H2,1H3. The first-order chi connectivity index (χ1) is 10.2. The van der Waals surface area contributed by atoms with E-state index in [2.05, 4.69) is 5.32 Å². The van der Waals surface area contributed by atoms with Crippen LogP contribution >= 0.6 is 0 Å². The number of aliphatic hydroxyl groups is 2. The van der Waals surface area contributed by atoms with Crippen LogP contribution in [0.1, 0.15) is 22.8 Å². The molecule has 0 saturated heterocycles. The molecule has 0 heterocycles. The van der Waals surface area contributed by atoms with Gasteiger partial charge in [-0.25, -0.2) is 0 Å². The molecule has 0 radical (unpaired) electrons. The maximum absolute atomic E-state index is 10.1. The minimum Gasteiger partial charge on any atom is -0.497 e. The second-order valence-electron chi connectivity index (χ2n) is 4.89. The van der Waals surface area contributed by atoms with E-state index in [0.717, 1.165) is 22.4 Å². The minimum absolute atomic E-state index is 0.0594. The molecule has 0 aromatic heterocycles. The third-order valence-corrected chi connectivity index (χ3v) is 3.37. The molecule has 0 aliphatic rings. The van der Waals surface area contributed by atoms with Gasteiger partial charge >= 0.3 is 0 Å². The van der Waals surface area contributed by atoms with Gasteiger partial charge in [-0.05, 0) is 28.8 Å². The monoisotopic (exact) mass is 287 g/mol. The number of aliphatic hydroxyl groups excluding tert-OH is 2.